The van der Waals surface area contributed by atoms with Gasteiger partial charge >= 0.3 is 0 Å². The quantitative estimate of drug-likeness (QED) is 0.0393. The second-order valence-corrected chi connectivity index (χ2v) is 26.1. The average Bonchev–Trinajstić information content (AvgIpc) is 1.53. The molecular weight excluding hydrogens is 1380 g/mol. The number of nitrogens with one attached hydrogen (secondary N) is 3. The van der Waals surface area contributed by atoms with Crippen LogP contribution in [-0.4, -0.2) is 113 Å². The van der Waals surface area contributed by atoms with E-state index < -0.39 is 35.8 Å². The van der Waals surface area contributed by atoms with Crippen LogP contribution in [0.15, 0.2) is 110 Å². The Morgan fingerprint density at radius 3 is 1.32 bits per heavy atom. The maximum absolute atomic E-state index is 13.9. The number of hydrogen-bond donors (Lipinski definition) is 7. The van der Waals surface area contributed by atoms with E-state index in [1.165, 1.54) is 49.2 Å². The van der Waals surface area contributed by atoms with E-state index in [9.17, 15) is 22.8 Å². The Kier molecular flexibility index (Phi) is 23.3. The molecule has 3 aliphatic heterocycles. The molecule has 512 valence electrons. The number of nitrogen functional groups attached to an aromatic ring is 3. The Balaban J connectivity index is 0.000000158. The van der Waals surface area contributed by atoms with E-state index in [4.69, 9.17) is 107 Å². The number of nitrogens with two attached hydrogens (primary N) is 4. The molecule has 3 aliphatic rings. The van der Waals surface area contributed by atoms with Gasteiger partial charge in [0.1, 0.15) is 35.8 Å². The number of aromatic nitrogens is 9. The summed E-state index contributed by atoms with van der Waals surface area (Å²) in [7, 11) is 3.78. The van der Waals surface area contributed by atoms with Crippen molar-refractivity contribution in [3.05, 3.63) is 175 Å². The first-order valence-electron chi connectivity index (χ1n) is 30.8. The SMILES string of the molecule is CC(Oc1cc(-c2cnn(C3CNC(C(N)=O)C3)c2)cnc1N)c1c(Cl)ccc(F)c1Cl.CC(Oc1cc(-c2cnn(CC3CCN(C)CC3)c2)cnc1N)c1c(Cl)ccc(F)c1Cl.CNC(=O)C1CC(n2cc(-c3cnc(N)c(OC(C)c4c(Cl)ccc(F)c4Cl)c3)cn2)CN1. The third-order valence-electron chi connectivity index (χ3n) is 17.0. The molecule has 3 fully saturated rings. The number of carbonyl (C=O) groups is 2. The molecule has 0 spiro atoms. The number of benzene rings is 3. The van der Waals surface area contributed by atoms with Crippen LogP contribution < -0.4 is 53.1 Å². The summed E-state index contributed by atoms with van der Waals surface area (Å²) < 4.78 is 65.2. The van der Waals surface area contributed by atoms with Crippen molar-refractivity contribution in [1.29, 1.82) is 0 Å². The monoisotopic (exact) mass is 1450 g/mol. The number of pyridine rings is 3. The molecule has 7 atom stereocenters. The number of likely N-dealkylation sites (N-methyl/N-ethyl adjacent to an activating group) is 1. The number of piperidine rings is 1. The van der Waals surface area contributed by atoms with Gasteiger partial charge in [-0.2, -0.15) is 15.3 Å². The van der Waals surface area contributed by atoms with E-state index in [-0.39, 0.29) is 78.5 Å². The smallest absolute Gasteiger partial charge is 0.236 e. The van der Waals surface area contributed by atoms with Gasteiger partial charge in [-0.25, -0.2) is 28.1 Å². The summed E-state index contributed by atoms with van der Waals surface area (Å²) in [6.45, 7) is 9.50. The van der Waals surface area contributed by atoms with Crippen molar-refractivity contribution in [3.8, 4) is 50.6 Å². The van der Waals surface area contributed by atoms with E-state index in [1.54, 1.807) is 81.7 Å². The van der Waals surface area contributed by atoms with Gasteiger partial charge in [-0.15, -0.1) is 0 Å². The molecule has 3 aromatic carbocycles. The standard InChI is InChI=1S/C23H26Cl2FN5O.C22H23Cl2FN6O2.C21H21Cl2FN6O2/c1-14(21-18(24)3-4-19(26)22(21)25)32-20-9-16(10-28-23(20)27)17-11-29-31(13-17)12-15-5-7-30(2)8-6-15;1-11(19-15(23)3-4-16(25)20(19)24)33-18-5-12(7-29-21(18)26)13-8-30-31(10-13)14-6-17(28-9-14)22(32)27-2;1-10(18-14(22)2-3-15(24)19(18)23)32-17-4-11(6-28-20(17)25)12-7-29-30(9-12)13-5-16(21(26)31)27-8-13/h3-4,9-11,13-15H,5-8,12H2,1-2H3,(H2,27,28);3-5,7-8,10-11,14,17,28H,6,9H2,1-2H3,(H2,26,29)(H,27,32);2-4,6-7,9-10,13,16,27H,5,8H2,1H3,(H2,25,28)(H2,26,31). The van der Waals surface area contributed by atoms with Crippen molar-refractivity contribution in [1.82, 2.24) is 65.1 Å². The molecule has 12 rings (SSSR count). The van der Waals surface area contributed by atoms with E-state index in [0.717, 1.165) is 53.0 Å². The Morgan fingerprint density at radius 1 is 0.567 bits per heavy atom. The zero-order chi connectivity index (χ0) is 69.5. The zero-order valence-electron chi connectivity index (χ0n) is 53.1. The Labute approximate surface area is 587 Å². The van der Waals surface area contributed by atoms with Gasteiger partial charge in [0, 0.05) is 129 Å². The molecule has 97 heavy (non-hydrogen) atoms. The van der Waals surface area contributed by atoms with Crippen molar-refractivity contribution in [3.63, 3.8) is 0 Å². The Bertz CT molecular complexity index is 4310. The second kappa shape index (κ2) is 31.6. The van der Waals surface area contributed by atoms with Gasteiger partial charge in [0.25, 0.3) is 0 Å². The van der Waals surface area contributed by atoms with Gasteiger partial charge < -0.3 is 58.0 Å². The number of likely N-dealkylation sites (tertiary alicyclic amines) is 1. The minimum atomic E-state index is -0.678. The molecule has 0 radical (unpaired) electrons. The van der Waals surface area contributed by atoms with Crippen LogP contribution in [0.5, 0.6) is 17.2 Å². The number of primary amides is 1. The minimum absolute atomic E-state index is 0.0102. The lowest BCUT2D eigenvalue weighted by Crippen LogP contribution is -2.38. The predicted molar refractivity (Wildman–Crippen MR) is 370 cm³/mol. The van der Waals surface area contributed by atoms with Crippen molar-refractivity contribution in [2.24, 2.45) is 11.7 Å². The number of nitrogens with zero attached hydrogens (tertiary/aromatic N) is 10. The van der Waals surface area contributed by atoms with E-state index in [1.807, 2.05) is 34.2 Å². The number of anilines is 3. The van der Waals surface area contributed by atoms with Crippen molar-refractivity contribution < 1.29 is 37.0 Å². The van der Waals surface area contributed by atoms with E-state index >= 15 is 0 Å². The maximum Gasteiger partial charge on any atom is 0.236 e. The van der Waals surface area contributed by atoms with Crippen LogP contribution >= 0.6 is 69.6 Å². The lowest BCUT2D eigenvalue weighted by Gasteiger charge is -2.28. The summed E-state index contributed by atoms with van der Waals surface area (Å²) in [5.74, 6) is 0.0317. The first-order chi connectivity index (χ1) is 46.3. The number of amides is 2. The van der Waals surface area contributed by atoms with Gasteiger partial charge in [0.15, 0.2) is 34.7 Å². The Morgan fingerprint density at radius 2 is 0.938 bits per heavy atom. The molecule has 3 saturated heterocycles. The van der Waals surface area contributed by atoms with Gasteiger partial charge in [0.2, 0.25) is 11.8 Å². The van der Waals surface area contributed by atoms with Gasteiger partial charge in [-0.1, -0.05) is 69.6 Å². The fraction of sp³-hybridized carbons (Fsp3) is 0.333. The van der Waals surface area contributed by atoms with Crippen LogP contribution in [0.3, 0.4) is 0 Å². The van der Waals surface area contributed by atoms with Crippen LogP contribution in [0, 0.1) is 23.4 Å². The summed E-state index contributed by atoms with van der Waals surface area (Å²) in [5.41, 5.74) is 29.3. The number of ether oxygens (including phenoxy) is 3. The average molecular weight is 1450 g/mol. The highest BCUT2D eigenvalue weighted by Gasteiger charge is 2.32. The van der Waals surface area contributed by atoms with Gasteiger partial charge in [0.05, 0.1) is 57.8 Å². The predicted octanol–water partition coefficient (Wildman–Crippen LogP) is 12.7. The molecule has 9 heterocycles. The number of hydrogen-bond acceptors (Lipinski definition) is 17. The van der Waals surface area contributed by atoms with Crippen LogP contribution in [0.1, 0.15) is 93.5 Å². The lowest BCUT2D eigenvalue weighted by molar-refractivity contribution is -0.122. The molecule has 6 aromatic heterocycles. The normalized spacial score (nSPS) is 18.1. The highest BCUT2D eigenvalue weighted by Crippen LogP contribution is 2.41. The van der Waals surface area contributed by atoms with Crippen molar-refractivity contribution in [2.45, 2.75) is 95.5 Å². The third-order valence-corrected chi connectivity index (χ3v) is 19.1. The fourth-order valence-corrected chi connectivity index (χ4v) is 13.6. The molecule has 11 N–H and O–H groups in total. The van der Waals surface area contributed by atoms with Crippen LogP contribution in [0.4, 0.5) is 30.6 Å². The summed E-state index contributed by atoms with van der Waals surface area (Å²) in [6, 6.07) is 12.6. The summed E-state index contributed by atoms with van der Waals surface area (Å²) in [6.07, 6.45) is 17.5. The van der Waals surface area contributed by atoms with Crippen molar-refractivity contribution >= 4 is 98.9 Å². The maximum atomic E-state index is 13.9. The van der Waals surface area contributed by atoms with E-state index in [0.29, 0.717) is 70.8 Å². The fourth-order valence-electron chi connectivity index (χ4n) is 11.5. The topological polar surface area (TPSA) is 297 Å². The highest BCUT2D eigenvalue weighted by atomic mass is 35.5. The molecule has 0 saturated carbocycles. The molecule has 31 heteroatoms. The first kappa shape index (κ1) is 71.7. The minimum Gasteiger partial charge on any atom is -0.482 e. The van der Waals surface area contributed by atoms with Crippen LogP contribution in [0.25, 0.3) is 33.4 Å². The molecule has 9 aromatic rings. The molecule has 0 aliphatic carbocycles. The first-order valence-corrected chi connectivity index (χ1v) is 33.1. The lowest BCUT2D eigenvalue weighted by atomic mass is 9.97. The zero-order valence-corrected chi connectivity index (χ0v) is 57.6. The summed E-state index contributed by atoms with van der Waals surface area (Å²) >= 11 is 37.0. The second-order valence-electron chi connectivity index (χ2n) is 23.7. The van der Waals surface area contributed by atoms with Crippen LogP contribution in [0.2, 0.25) is 30.1 Å². The highest BCUT2D eigenvalue weighted by molar-refractivity contribution is 6.37. The summed E-state index contributed by atoms with van der Waals surface area (Å²) in [4.78, 5) is 38.3. The van der Waals surface area contributed by atoms with Gasteiger partial charge in [-0.05, 0) is 127 Å². The molecule has 2 amide bonds. The van der Waals surface area contributed by atoms with E-state index in [2.05, 4.69) is 58.1 Å². The number of carbonyl (C=O) groups excluding carboxylic acids is 2. The number of rotatable bonds is 18. The van der Waals surface area contributed by atoms with Crippen LogP contribution in [-0.2, 0) is 16.1 Å². The Hall–Kier alpha value is -8.11. The third kappa shape index (κ3) is 17.1. The number of halogens is 9. The summed E-state index contributed by atoms with van der Waals surface area (Å²) in [5, 5.41) is 23.0. The molecule has 0 bridgehead atoms. The molecule has 7 unspecified atom stereocenters. The van der Waals surface area contributed by atoms with Gasteiger partial charge in [-0.3, -0.25) is 23.6 Å². The van der Waals surface area contributed by atoms with Crippen molar-refractivity contribution in [2.75, 3.05) is 57.5 Å². The molecule has 22 nitrogen and oxygen atoms in total. The largest absolute Gasteiger partial charge is 0.482 e. The molecular formula is C66H70Cl6F3N17O5.